The Hall–Kier alpha value is -0.790. The molecule has 3 aliphatic heterocycles. The molecule has 0 spiro atoms. The van der Waals surface area contributed by atoms with Crippen LogP contribution in [0.15, 0.2) is 0 Å². The van der Waals surface area contributed by atoms with Gasteiger partial charge in [0.05, 0.1) is 5.88 Å². The van der Waals surface area contributed by atoms with Crippen LogP contribution in [-0.4, -0.2) is 89.5 Å². The highest BCUT2D eigenvalue weighted by Crippen LogP contribution is 2.26. The Labute approximate surface area is 142 Å². The van der Waals surface area contributed by atoms with Crippen LogP contribution in [0.25, 0.3) is 0 Å². The van der Waals surface area contributed by atoms with E-state index in [1.54, 1.807) is 16.7 Å². The molecule has 2 unspecified atom stereocenters. The van der Waals surface area contributed by atoms with Crippen LogP contribution in [-0.2, 0) is 9.59 Å². The number of nitrogens with zero attached hydrogens (tertiary/aromatic N) is 3. The first-order chi connectivity index (χ1) is 11.2. The van der Waals surface area contributed by atoms with Crippen LogP contribution in [0.2, 0.25) is 0 Å². The highest BCUT2D eigenvalue weighted by Gasteiger charge is 2.39. The second-order valence-electron chi connectivity index (χ2n) is 6.64. The average molecular weight is 340 g/mol. The second kappa shape index (κ2) is 7.85. The van der Waals surface area contributed by atoms with E-state index in [0.717, 1.165) is 57.9 Å². The summed E-state index contributed by atoms with van der Waals surface area (Å²) >= 11 is 1.70. The van der Waals surface area contributed by atoms with Gasteiger partial charge in [0.1, 0.15) is 6.04 Å². The van der Waals surface area contributed by atoms with Crippen molar-refractivity contribution in [2.45, 2.75) is 38.3 Å². The summed E-state index contributed by atoms with van der Waals surface area (Å²) in [4.78, 5) is 31.4. The second-order valence-corrected chi connectivity index (χ2v) is 7.64. The number of rotatable bonds is 4. The summed E-state index contributed by atoms with van der Waals surface area (Å²) in [5.41, 5.74) is 0. The molecule has 0 aliphatic carbocycles. The Bertz CT molecular complexity index is 442. The van der Waals surface area contributed by atoms with Crippen molar-refractivity contribution >= 4 is 23.6 Å². The summed E-state index contributed by atoms with van der Waals surface area (Å²) in [6.45, 7) is 7.92. The van der Waals surface area contributed by atoms with Crippen LogP contribution in [0.5, 0.6) is 0 Å². The number of hydrogen-bond donors (Lipinski definition) is 1. The Morgan fingerprint density at radius 3 is 2.74 bits per heavy atom. The topological polar surface area (TPSA) is 55.9 Å². The minimum absolute atomic E-state index is 0.133. The molecule has 3 rings (SSSR count). The van der Waals surface area contributed by atoms with Gasteiger partial charge < -0.3 is 15.1 Å². The molecule has 23 heavy (non-hydrogen) atoms. The lowest BCUT2D eigenvalue weighted by molar-refractivity contribution is -0.142. The van der Waals surface area contributed by atoms with Crippen molar-refractivity contribution in [1.82, 2.24) is 20.0 Å². The Morgan fingerprint density at radius 1 is 1.22 bits per heavy atom. The monoisotopic (exact) mass is 340 g/mol. The predicted octanol–water partition coefficient (Wildman–Crippen LogP) is 0.194. The van der Waals surface area contributed by atoms with Gasteiger partial charge in [0, 0.05) is 57.5 Å². The summed E-state index contributed by atoms with van der Waals surface area (Å²) in [6, 6.07) is 0.260. The van der Waals surface area contributed by atoms with Crippen molar-refractivity contribution in [2.75, 3.05) is 50.9 Å². The molecule has 1 N–H and O–H groups in total. The Morgan fingerprint density at radius 2 is 2.00 bits per heavy atom. The van der Waals surface area contributed by atoms with Crippen molar-refractivity contribution in [3.63, 3.8) is 0 Å². The number of thioether (sulfide) groups is 1. The lowest BCUT2D eigenvalue weighted by Gasteiger charge is -2.33. The van der Waals surface area contributed by atoms with E-state index in [0.29, 0.717) is 18.3 Å². The molecule has 6 nitrogen and oxygen atoms in total. The molecule has 130 valence electrons. The first kappa shape index (κ1) is 17.0. The lowest BCUT2D eigenvalue weighted by Crippen LogP contribution is -2.51. The van der Waals surface area contributed by atoms with Gasteiger partial charge in [0.15, 0.2) is 0 Å². The maximum absolute atomic E-state index is 12.9. The smallest absolute Gasteiger partial charge is 0.246 e. The van der Waals surface area contributed by atoms with Crippen LogP contribution in [0.3, 0.4) is 0 Å². The molecule has 0 aromatic heterocycles. The fraction of sp³-hybridized carbons (Fsp3) is 0.875. The normalized spacial score (nSPS) is 29.3. The number of likely N-dealkylation sites (tertiary alicyclic amines) is 1. The molecule has 7 heteroatoms. The minimum Gasteiger partial charge on any atom is -0.339 e. The maximum atomic E-state index is 12.9. The van der Waals surface area contributed by atoms with Gasteiger partial charge in [-0.15, -0.1) is 11.8 Å². The molecular formula is C16H28N4O2S. The summed E-state index contributed by atoms with van der Waals surface area (Å²) < 4.78 is 0. The van der Waals surface area contributed by atoms with E-state index < -0.39 is 0 Å². The molecule has 0 saturated carbocycles. The van der Waals surface area contributed by atoms with Crippen LogP contribution in [0.1, 0.15) is 26.2 Å². The van der Waals surface area contributed by atoms with Crippen LogP contribution in [0, 0.1) is 0 Å². The number of hydrogen-bond acceptors (Lipinski definition) is 5. The summed E-state index contributed by atoms with van der Waals surface area (Å²) in [5.74, 6) is 1.72. The third-order valence-electron chi connectivity index (χ3n) is 5.09. The van der Waals surface area contributed by atoms with E-state index in [1.165, 1.54) is 0 Å². The van der Waals surface area contributed by atoms with Gasteiger partial charge in [-0.05, 0) is 12.8 Å². The largest absolute Gasteiger partial charge is 0.339 e. The van der Waals surface area contributed by atoms with Crippen molar-refractivity contribution in [2.24, 2.45) is 0 Å². The molecule has 0 aromatic rings. The molecule has 3 aliphatic rings. The summed E-state index contributed by atoms with van der Waals surface area (Å²) in [6.07, 6.45) is 2.46. The highest BCUT2D eigenvalue weighted by molar-refractivity contribution is 7.99. The van der Waals surface area contributed by atoms with Crippen LogP contribution < -0.4 is 5.32 Å². The van der Waals surface area contributed by atoms with Crippen LogP contribution in [0.4, 0.5) is 0 Å². The zero-order chi connectivity index (χ0) is 16.2. The van der Waals surface area contributed by atoms with Gasteiger partial charge >= 0.3 is 0 Å². The lowest BCUT2D eigenvalue weighted by atomic mass is 10.2. The van der Waals surface area contributed by atoms with E-state index in [2.05, 4.69) is 10.2 Å². The van der Waals surface area contributed by atoms with Gasteiger partial charge in [-0.25, -0.2) is 0 Å². The zero-order valence-corrected chi connectivity index (χ0v) is 14.8. The van der Waals surface area contributed by atoms with Gasteiger partial charge in [0.2, 0.25) is 11.8 Å². The Balaban J connectivity index is 1.56. The first-order valence-corrected chi connectivity index (χ1v) is 9.97. The van der Waals surface area contributed by atoms with Crippen molar-refractivity contribution in [3.8, 4) is 0 Å². The number of nitrogens with one attached hydrogen (secondary N) is 1. The van der Waals surface area contributed by atoms with Crippen molar-refractivity contribution in [3.05, 3.63) is 0 Å². The molecule has 2 atom stereocenters. The average Bonchev–Trinajstić information content (AvgIpc) is 3.25. The molecule has 3 saturated heterocycles. The molecule has 0 bridgehead atoms. The number of carbonyl (C=O) groups is 2. The molecule has 3 fully saturated rings. The molecule has 0 radical (unpaired) electrons. The van der Waals surface area contributed by atoms with E-state index in [9.17, 15) is 9.59 Å². The van der Waals surface area contributed by atoms with E-state index in [1.807, 2.05) is 11.8 Å². The van der Waals surface area contributed by atoms with Crippen molar-refractivity contribution in [1.29, 1.82) is 0 Å². The molecular weight excluding hydrogens is 312 g/mol. The van der Waals surface area contributed by atoms with Gasteiger partial charge in [-0.3, -0.25) is 14.5 Å². The number of piperazine rings is 1. The fourth-order valence-corrected chi connectivity index (χ4v) is 4.92. The standard InChI is InChI=1S/C16H28N4O2S/c1-2-3-15(21)20-12-23-11-14(20)16(22)19-7-4-13(10-19)18-8-5-17-6-9-18/h13-14,17H,2-12H2,1H3. The minimum atomic E-state index is -0.235. The SMILES string of the molecule is CCCC(=O)N1CSCC1C(=O)N1CCC(N2CCNCC2)C1. The van der Waals surface area contributed by atoms with Crippen molar-refractivity contribution < 1.29 is 9.59 Å². The van der Waals surface area contributed by atoms with Crippen LogP contribution >= 0.6 is 11.8 Å². The molecule has 0 aromatic carbocycles. The zero-order valence-electron chi connectivity index (χ0n) is 14.0. The maximum Gasteiger partial charge on any atom is 0.246 e. The van der Waals surface area contributed by atoms with E-state index >= 15 is 0 Å². The first-order valence-electron chi connectivity index (χ1n) is 8.81. The highest BCUT2D eigenvalue weighted by atomic mass is 32.2. The van der Waals surface area contributed by atoms with Gasteiger partial charge in [-0.2, -0.15) is 0 Å². The summed E-state index contributed by atoms with van der Waals surface area (Å²) in [7, 11) is 0. The summed E-state index contributed by atoms with van der Waals surface area (Å²) in [5, 5.41) is 3.38. The quantitative estimate of drug-likeness (QED) is 0.792. The predicted molar refractivity (Wildman–Crippen MR) is 92.3 cm³/mol. The number of amides is 2. The Kier molecular flexibility index (Phi) is 5.82. The fourth-order valence-electron chi connectivity index (χ4n) is 3.75. The van der Waals surface area contributed by atoms with E-state index in [4.69, 9.17) is 0 Å². The molecule has 2 amide bonds. The third-order valence-corrected chi connectivity index (χ3v) is 6.11. The van der Waals surface area contributed by atoms with E-state index in [-0.39, 0.29) is 17.9 Å². The van der Waals surface area contributed by atoms with Gasteiger partial charge in [-0.1, -0.05) is 6.92 Å². The molecule has 3 heterocycles. The number of carbonyl (C=O) groups excluding carboxylic acids is 2. The van der Waals surface area contributed by atoms with Gasteiger partial charge in [0.25, 0.3) is 0 Å². The third kappa shape index (κ3) is 3.83.